The second-order valence-electron chi connectivity index (χ2n) is 6.32. The van der Waals surface area contributed by atoms with Crippen LogP contribution in [0, 0.1) is 0 Å². The van der Waals surface area contributed by atoms with Gasteiger partial charge in [-0.25, -0.2) is 0 Å². The Morgan fingerprint density at radius 2 is 1.52 bits per heavy atom. The van der Waals surface area contributed by atoms with Crippen molar-refractivity contribution < 1.29 is 9.59 Å². The molecule has 1 heterocycles. The van der Waals surface area contributed by atoms with Crippen LogP contribution in [0.4, 0.5) is 5.69 Å². The van der Waals surface area contributed by atoms with Crippen molar-refractivity contribution in [3.05, 3.63) is 96.3 Å². The van der Waals surface area contributed by atoms with Gasteiger partial charge in [-0.05, 0) is 30.2 Å². The van der Waals surface area contributed by atoms with Gasteiger partial charge in [0.25, 0.3) is 0 Å². The Balaban J connectivity index is 1.63. The summed E-state index contributed by atoms with van der Waals surface area (Å²) in [5.41, 5.74) is 2.51. The zero-order chi connectivity index (χ0) is 18.9. The summed E-state index contributed by atoms with van der Waals surface area (Å²) in [6.45, 7) is 0.462. The van der Waals surface area contributed by atoms with Gasteiger partial charge in [-0.3, -0.25) is 14.6 Å². The van der Waals surface area contributed by atoms with Crippen molar-refractivity contribution in [1.82, 2.24) is 4.98 Å². The van der Waals surface area contributed by atoms with Crippen LogP contribution in [0.5, 0.6) is 0 Å². The molecule has 0 spiro atoms. The molecule has 0 bridgehead atoms. The molecular weight excluding hydrogens is 336 g/mol. The van der Waals surface area contributed by atoms with Gasteiger partial charge in [-0.1, -0.05) is 54.6 Å². The van der Waals surface area contributed by atoms with E-state index in [4.69, 9.17) is 0 Å². The molecule has 0 atom stereocenters. The highest BCUT2D eigenvalue weighted by atomic mass is 16.2. The van der Waals surface area contributed by atoms with E-state index >= 15 is 0 Å². The third kappa shape index (κ3) is 5.35. The fourth-order valence-corrected chi connectivity index (χ4v) is 2.91. The molecule has 136 valence electrons. The van der Waals surface area contributed by atoms with Crippen LogP contribution in [0.2, 0.25) is 0 Å². The van der Waals surface area contributed by atoms with E-state index in [0.717, 1.165) is 11.3 Å². The van der Waals surface area contributed by atoms with E-state index in [0.29, 0.717) is 31.4 Å². The number of Topliss-reactive ketones (excluding diaryl/α,β-unsaturated/α-hetero) is 1. The number of benzene rings is 2. The molecule has 0 aliphatic heterocycles. The van der Waals surface area contributed by atoms with Crippen molar-refractivity contribution in [3.8, 4) is 0 Å². The molecule has 0 saturated carbocycles. The maximum absolute atomic E-state index is 12.9. The minimum Gasteiger partial charge on any atom is -0.308 e. The normalized spacial score (nSPS) is 10.4. The van der Waals surface area contributed by atoms with Crippen LogP contribution in [0.15, 0.2) is 85.2 Å². The zero-order valence-electron chi connectivity index (χ0n) is 15.1. The number of rotatable bonds is 8. The molecule has 0 saturated heterocycles. The third-order valence-corrected chi connectivity index (χ3v) is 4.32. The summed E-state index contributed by atoms with van der Waals surface area (Å²) in [5, 5.41) is 0. The van der Waals surface area contributed by atoms with Gasteiger partial charge in [0, 0.05) is 36.5 Å². The standard InChI is InChI=1S/C23H22N2O2/c26-22(20-10-3-1-4-11-20)14-7-15-23(27)25(21-12-5-2-6-13-21)18-19-9-8-16-24-17-19/h1-6,8-13,16-17H,7,14-15,18H2. The summed E-state index contributed by atoms with van der Waals surface area (Å²) in [6, 6.07) is 22.6. The Morgan fingerprint density at radius 1 is 0.815 bits per heavy atom. The number of para-hydroxylation sites is 1. The Morgan fingerprint density at radius 3 is 2.19 bits per heavy atom. The molecule has 2 aromatic carbocycles. The van der Waals surface area contributed by atoms with Crippen LogP contribution in [0.25, 0.3) is 0 Å². The van der Waals surface area contributed by atoms with Gasteiger partial charge >= 0.3 is 0 Å². The second-order valence-corrected chi connectivity index (χ2v) is 6.32. The Hall–Kier alpha value is -3.27. The smallest absolute Gasteiger partial charge is 0.227 e. The zero-order valence-corrected chi connectivity index (χ0v) is 15.1. The topological polar surface area (TPSA) is 50.3 Å². The summed E-state index contributed by atoms with van der Waals surface area (Å²) >= 11 is 0. The number of pyridine rings is 1. The number of aromatic nitrogens is 1. The third-order valence-electron chi connectivity index (χ3n) is 4.32. The minimum atomic E-state index is 0.00548. The van der Waals surface area contributed by atoms with E-state index in [1.807, 2.05) is 72.8 Å². The summed E-state index contributed by atoms with van der Waals surface area (Å²) in [5.74, 6) is 0.0767. The predicted molar refractivity (Wildman–Crippen MR) is 106 cm³/mol. The molecule has 27 heavy (non-hydrogen) atoms. The van der Waals surface area contributed by atoms with E-state index < -0.39 is 0 Å². The van der Waals surface area contributed by atoms with Crippen molar-refractivity contribution in [2.45, 2.75) is 25.8 Å². The molecule has 4 heteroatoms. The highest BCUT2D eigenvalue weighted by molar-refractivity contribution is 5.97. The van der Waals surface area contributed by atoms with Crippen LogP contribution in [0.1, 0.15) is 35.2 Å². The van der Waals surface area contributed by atoms with Crippen molar-refractivity contribution in [1.29, 1.82) is 0 Å². The maximum Gasteiger partial charge on any atom is 0.227 e. The average Bonchev–Trinajstić information content (AvgIpc) is 2.74. The van der Waals surface area contributed by atoms with Gasteiger partial charge in [0.1, 0.15) is 0 Å². The number of amides is 1. The summed E-state index contributed by atoms with van der Waals surface area (Å²) in [4.78, 5) is 31.0. The first-order valence-electron chi connectivity index (χ1n) is 9.06. The lowest BCUT2D eigenvalue weighted by atomic mass is 10.1. The van der Waals surface area contributed by atoms with Crippen LogP contribution >= 0.6 is 0 Å². The first kappa shape index (κ1) is 18.5. The van der Waals surface area contributed by atoms with Crippen molar-refractivity contribution in [2.75, 3.05) is 4.90 Å². The van der Waals surface area contributed by atoms with E-state index in [9.17, 15) is 9.59 Å². The molecule has 4 nitrogen and oxygen atoms in total. The van der Waals surface area contributed by atoms with Crippen molar-refractivity contribution >= 4 is 17.4 Å². The monoisotopic (exact) mass is 358 g/mol. The van der Waals surface area contributed by atoms with Gasteiger partial charge in [-0.2, -0.15) is 0 Å². The molecule has 0 aliphatic rings. The summed E-state index contributed by atoms with van der Waals surface area (Å²) < 4.78 is 0. The number of anilines is 1. The maximum atomic E-state index is 12.9. The van der Waals surface area contributed by atoms with Gasteiger partial charge < -0.3 is 4.90 Å². The van der Waals surface area contributed by atoms with Crippen LogP contribution in [0.3, 0.4) is 0 Å². The number of hydrogen-bond donors (Lipinski definition) is 0. The number of carbonyl (C=O) groups is 2. The molecule has 1 aromatic heterocycles. The highest BCUT2D eigenvalue weighted by Crippen LogP contribution is 2.19. The van der Waals surface area contributed by atoms with Gasteiger partial charge in [0.2, 0.25) is 5.91 Å². The molecule has 1 amide bonds. The lowest BCUT2D eigenvalue weighted by molar-refractivity contribution is -0.118. The lowest BCUT2D eigenvalue weighted by Crippen LogP contribution is -2.30. The van der Waals surface area contributed by atoms with E-state index in [2.05, 4.69) is 4.98 Å². The molecule has 3 aromatic rings. The van der Waals surface area contributed by atoms with E-state index in [-0.39, 0.29) is 11.7 Å². The Labute approximate surface area is 159 Å². The molecule has 0 unspecified atom stereocenters. The average molecular weight is 358 g/mol. The predicted octanol–water partition coefficient (Wildman–Crippen LogP) is 4.67. The Bertz CT molecular complexity index is 865. The number of carbonyl (C=O) groups excluding carboxylic acids is 2. The van der Waals surface area contributed by atoms with Crippen LogP contribution < -0.4 is 4.90 Å². The number of nitrogens with zero attached hydrogens (tertiary/aromatic N) is 2. The quantitative estimate of drug-likeness (QED) is 0.550. The SMILES string of the molecule is O=C(CCCC(=O)N(Cc1cccnc1)c1ccccc1)c1ccccc1. The minimum absolute atomic E-state index is 0.00548. The fraction of sp³-hybridized carbons (Fsp3) is 0.174. The van der Waals surface area contributed by atoms with Gasteiger partial charge in [0.05, 0.1) is 6.54 Å². The molecular formula is C23H22N2O2. The Kier molecular flexibility index (Phi) is 6.47. The molecule has 0 fully saturated rings. The van der Waals surface area contributed by atoms with Crippen molar-refractivity contribution in [2.24, 2.45) is 0 Å². The van der Waals surface area contributed by atoms with E-state index in [1.165, 1.54) is 0 Å². The largest absolute Gasteiger partial charge is 0.308 e. The molecule has 0 aliphatic carbocycles. The first-order valence-corrected chi connectivity index (χ1v) is 9.06. The molecule has 3 rings (SSSR count). The highest BCUT2D eigenvalue weighted by Gasteiger charge is 2.17. The molecule has 0 radical (unpaired) electrons. The second kappa shape index (κ2) is 9.43. The number of hydrogen-bond acceptors (Lipinski definition) is 3. The molecule has 0 N–H and O–H groups in total. The van der Waals surface area contributed by atoms with Gasteiger partial charge in [0.15, 0.2) is 5.78 Å². The summed E-state index contributed by atoms with van der Waals surface area (Å²) in [7, 11) is 0. The first-order chi connectivity index (χ1) is 13.2. The lowest BCUT2D eigenvalue weighted by Gasteiger charge is -2.23. The van der Waals surface area contributed by atoms with Crippen LogP contribution in [-0.2, 0) is 11.3 Å². The summed E-state index contributed by atoms with van der Waals surface area (Å²) in [6.07, 6.45) is 4.71. The number of ketones is 1. The van der Waals surface area contributed by atoms with E-state index in [1.54, 1.807) is 17.3 Å². The van der Waals surface area contributed by atoms with Crippen LogP contribution in [-0.4, -0.2) is 16.7 Å². The van der Waals surface area contributed by atoms with Crippen molar-refractivity contribution in [3.63, 3.8) is 0 Å². The van der Waals surface area contributed by atoms with Gasteiger partial charge in [-0.15, -0.1) is 0 Å². The fourth-order valence-electron chi connectivity index (χ4n) is 2.91.